The largest absolute Gasteiger partial charge is 0.478 e. The lowest BCUT2D eigenvalue weighted by atomic mass is 10.2. The number of aliphatic carboxylic acids is 1. The first-order valence-corrected chi connectivity index (χ1v) is 4.79. The van der Waals surface area contributed by atoms with Crippen LogP contribution in [0.5, 0.6) is 0 Å². The van der Waals surface area contributed by atoms with Gasteiger partial charge in [0.25, 0.3) is 0 Å². The number of unbranched alkanes of at least 4 members (excludes halogenated alkanes) is 1. The number of carboxylic acid groups (broad SMARTS) is 1. The molecule has 0 fully saturated rings. The third-order valence-corrected chi connectivity index (χ3v) is 1.77. The Morgan fingerprint density at radius 3 is 2.69 bits per heavy atom. The lowest BCUT2D eigenvalue weighted by Crippen LogP contribution is -2.15. The predicted octanol–water partition coefficient (Wildman–Crippen LogP) is 1.80. The fourth-order valence-corrected chi connectivity index (χ4v) is 0.935. The van der Waals surface area contributed by atoms with Crippen LogP contribution in [0.3, 0.4) is 0 Å². The van der Waals surface area contributed by atoms with Gasteiger partial charge in [0.1, 0.15) is 0 Å². The number of hydrogen-bond acceptors (Lipinski definition) is 2. The molecule has 0 aromatic carbocycles. The highest BCUT2D eigenvalue weighted by Crippen LogP contribution is 1.97. The maximum atomic E-state index is 10.4. The fraction of sp³-hybridized carbons (Fsp3) is 0.700. The van der Waals surface area contributed by atoms with Gasteiger partial charge in [-0.1, -0.05) is 13.0 Å². The molecule has 0 saturated heterocycles. The second kappa shape index (κ2) is 7.80. The number of carboxylic acids is 1. The second-order valence-electron chi connectivity index (χ2n) is 3.08. The molecule has 76 valence electrons. The Morgan fingerprint density at radius 2 is 2.15 bits per heavy atom. The highest BCUT2D eigenvalue weighted by atomic mass is 16.4. The molecule has 0 heterocycles. The van der Waals surface area contributed by atoms with E-state index < -0.39 is 5.97 Å². The van der Waals surface area contributed by atoms with E-state index in [1.54, 1.807) is 13.0 Å². The van der Waals surface area contributed by atoms with Crippen molar-refractivity contribution in [2.24, 2.45) is 0 Å². The fourth-order valence-electron chi connectivity index (χ4n) is 0.935. The van der Waals surface area contributed by atoms with Crippen LogP contribution in [0, 0.1) is 0 Å². The number of rotatable bonds is 7. The first-order chi connectivity index (χ1) is 6.18. The van der Waals surface area contributed by atoms with Crippen LogP contribution >= 0.6 is 0 Å². The lowest BCUT2D eigenvalue weighted by Gasteiger charge is -2.00. The smallest absolute Gasteiger partial charge is 0.330 e. The van der Waals surface area contributed by atoms with E-state index in [-0.39, 0.29) is 0 Å². The topological polar surface area (TPSA) is 49.3 Å². The minimum Gasteiger partial charge on any atom is -0.478 e. The predicted molar refractivity (Wildman–Crippen MR) is 53.8 cm³/mol. The molecule has 3 heteroatoms. The van der Waals surface area contributed by atoms with Gasteiger partial charge in [0.05, 0.1) is 0 Å². The molecular formula is C10H19NO2. The molecule has 0 saturated carbocycles. The minimum atomic E-state index is -0.818. The van der Waals surface area contributed by atoms with Gasteiger partial charge >= 0.3 is 5.97 Å². The van der Waals surface area contributed by atoms with Crippen molar-refractivity contribution in [3.8, 4) is 0 Å². The molecule has 0 spiro atoms. The number of allylic oxidation sites excluding steroid dienone is 1. The quantitative estimate of drug-likeness (QED) is 0.469. The maximum Gasteiger partial charge on any atom is 0.330 e. The average Bonchev–Trinajstić information content (AvgIpc) is 2.10. The number of carbonyl (C=O) groups is 1. The SMILES string of the molecule is CCCNCCC/C=C(\C)C(=O)O. The zero-order valence-corrected chi connectivity index (χ0v) is 8.47. The van der Waals surface area contributed by atoms with E-state index in [9.17, 15) is 4.79 Å². The minimum absolute atomic E-state index is 0.440. The van der Waals surface area contributed by atoms with Gasteiger partial charge in [-0.2, -0.15) is 0 Å². The summed E-state index contributed by atoms with van der Waals surface area (Å²) in [6, 6.07) is 0. The summed E-state index contributed by atoms with van der Waals surface area (Å²) in [6.07, 6.45) is 4.76. The summed E-state index contributed by atoms with van der Waals surface area (Å²) in [4.78, 5) is 10.4. The van der Waals surface area contributed by atoms with E-state index in [0.29, 0.717) is 5.57 Å². The van der Waals surface area contributed by atoms with Crippen LogP contribution in [0.25, 0.3) is 0 Å². The Hall–Kier alpha value is -0.830. The van der Waals surface area contributed by atoms with Gasteiger partial charge in [0, 0.05) is 5.57 Å². The second-order valence-corrected chi connectivity index (χ2v) is 3.08. The Balaban J connectivity index is 3.34. The molecule has 13 heavy (non-hydrogen) atoms. The van der Waals surface area contributed by atoms with E-state index in [2.05, 4.69) is 12.2 Å². The normalized spacial score (nSPS) is 11.7. The van der Waals surface area contributed by atoms with Crippen molar-refractivity contribution < 1.29 is 9.90 Å². The van der Waals surface area contributed by atoms with Gasteiger partial charge < -0.3 is 10.4 Å². The molecule has 0 aliphatic heterocycles. The zero-order chi connectivity index (χ0) is 10.1. The summed E-state index contributed by atoms with van der Waals surface area (Å²) in [7, 11) is 0. The Kier molecular flexibility index (Phi) is 7.30. The highest BCUT2D eigenvalue weighted by Gasteiger charge is 1.97. The monoisotopic (exact) mass is 185 g/mol. The van der Waals surface area contributed by atoms with Crippen LogP contribution in [-0.2, 0) is 4.79 Å². The average molecular weight is 185 g/mol. The van der Waals surface area contributed by atoms with E-state index >= 15 is 0 Å². The summed E-state index contributed by atoms with van der Waals surface area (Å²) in [5, 5.41) is 11.8. The van der Waals surface area contributed by atoms with Crippen LogP contribution in [0.1, 0.15) is 33.1 Å². The molecule has 0 atom stereocenters. The summed E-state index contributed by atoms with van der Waals surface area (Å²) >= 11 is 0. The third-order valence-electron chi connectivity index (χ3n) is 1.77. The van der Waals surface area contributed by atoms with Crippen LogP contribution in [0.4, 0.5) is 0 Å². The summed E-state index contributed by atoms with van der Waals surface area (Å²) in [5.74, 6) is -0.818. The van der Waals surface area contributed by atoms with E-state index in [4.69, 9.17) is 5.11 Å². The van der Waals surface area contributed by atoms with Gasteiger partial charge in [-0.15, -0.1) is 0 Å². The molecule has 0 aliphatic carbocycles. The molecule has 0 rings (SSSR count). The Labute approximate surface area is 79.8 Å². The maximum absolute atomic E-state index is 10.4. The number of hydrogen-bond donors (Lipinski definition) is 2. The van der Waals surface area contributed by atoms with Crippen molar-refractivity contribution in [3.05, 3.63) is 11.6 Å². The standard InChI is InChI=1S/C10H19NO2/c1-3-7-11-8-5-4-6-9(2)10(12)13/h6,11H,3-5,7-8H2,1-2H3,(H,12,13)/b9-6+. The molecule has 0 bridgehead atoms. The molecule has 3 nitrogen and oxygen atoms in total. The van der Waals surface area contributed by atoms with Gasteiger partial charge in [-0.05, 0) is 39.3 Å². The van der Waals surface area contributed by atoms with Crippen molar-refractivity contribution in [2.45, 2.75) is 33.1 Å². The number of nitrogens with one attached hydrogen (secondary N) is 1. The molecule has 0 unspecified atom stereocenters. The van der Waals surface area contributed by atoms with E-state index in [1.165, 1.54) is 0 Å². The van der Waals surface area contributed by atoms with Crippen molar-refractivity contribution in [2.75, 3.05) is 13.1 Å². The van der Waals surface area contributed by atoms with Gasteiger partial charge in [0.2, 0.25) is 0 Å². The molecule has 0 aliphatic rings. The van der Waals surface area contributed by atoms with Crippen LogP contribution in [0.2, 0.25) is 0 Å². The zero-order valence-electron chi connectivity index (χ0n) is 8.47. The van der Waals surface area contributed by atoms with E-state index in [0.717, 1.165) is 32.4 Å². The summed E-state index contributed by atoms with van der Waals surface area (Å²) in [6.45, 7) is 5.77. The van der Waals surface area contributed by atoms with Gasteiger partial charge in [-0.25, -0.2) is 4.79 Å². The van der Waals surface area contributed by atoms with E-state index in [1.807, 2.05) is 0 Å². The molecule has 0 radical (unpaired) electrons. The Bertz CT molecular complexity index is 176. The van der Waals surface area contributed by atoms with Crippen LogP contribution < -0.4 is 5.32 Å². The van der Waals surface area contributed by atoms with Crippen molar-refractivity contribution >= 4 is 5.97 Å². The summed E-state index contributed by atoms with van der Waals surface area (Å²) in [5.41, 5.74) is 0.440. The van der Waals surface area contributed by atoms with Crippen molar-refractivity contribution in [1.29, 1.82) is 0 Å². The molecular weight excluding hydrogens is 166 g/mol. The lowest BCUT2D eigenvalue weighted by molar-refractivity contribution is -0.132. The highest BCUT2D eigenvalue weighted by molar-refractivity contribution is 5.85. The third kappa shape index (κ3) is 7.53. The molecule has 0 amide bonds. The van der Waals surface area contributed by atoms with Crippen LogP contribution in [-0.4, -0.2) is 24.2 Å². The van der Waals surface area contributed by atoms with Gasteiger partial charge in [-0.3, -0.25) is 0 Å². The first-order valence-electron chi connectivity index (χ1n) is 4.79. The molecule has 0 aromatic rings. The molecule has 0 aromatic heterocycles. The Morgan fingerprint density at radius 1 is 1.46 bits per heavy atom. The van der Waals surface area contributed by atoms with Gasteiger partial charge in [0.15, 0.2) is 0 Å². The van der Waals surface area contributed by atoms with Crippen LogP contribution in [0.15, 0.2) is 11.6 Å². The van der Waals surface area contributed by atoms with Crippen molar-refractivity contribution in [1.82, 2.24) is 5.32 Å². The first kappa shape index (κ1) is 12.2. The molecule has 2 N–H and O–H groups in total. The summed E-state index contributed by atoms with van der Waals surface area (Å²) < 4.78 is 0. The van der Waals surface area contributed by atoms with Crippen molar-refractivity contribution in [3.63, 3.8) is 0 Å².